The quantitative estimate of drug-likeness (QED) is 0.691. The molecule has 0 saturated carbocycles. The largest absolute Gasteiger partial charge is 0.480 e. The Hall–Kier alpha value is -1.14. The van der Waals surface area contributed by atoms with Crippen LogP contribution < -0.4 is 5.73 Å². The summed E-state index contributed by atoms with van der Waals surface area (Å²) in [5, 5.41) is 8.51. The predicted molar refractivity (Wildman–Crippen MR) is 61.4 cm³/mol. The van der Waals surface area contributed by atoms with Crippen molar-refractivity contribution >= 4 is 11.9 Å². The van der Waals surface area contributed by atoms with E-state index in [4.69, 9.17) is 15.6 Å². The molecule has 6 heteroatoms. The van der Waals surface area contributed by atoms with Crippen LogP contribution in [0.1, 0.15) is 20.8 Å². The van der Waals surface area contributed by atoms with E-state index in [2.05, 4.69) is 0 Å². The van der Waals surface area contributed by atoms with E-state index in [9.17, 15) is 9.59 Å². The Balaban J connectivity index is 2.40. The van der Waals surface area contributed by atoms with Gasteiger partial charge in [-0.1, -0.05) is 13.8 Å². The third-order valence-electron chi connectivity index (χ3n) is 2.91. The van der Waals surface area contributed by atoms with Crippen molar-refractivity contribution in [3.63, 3.8) is 0 Å². The van der Waals surface area contributed by atoms with Crippen LogP contribution in [0.3, 0.4) is 0 Å². The van der Waals surface area contributed by atoms with Crippen molar-refractivity contribution in [2.45, 2.75) is 32.4 Å². The van der Waals surface area contributed by atoms with Gasteiger partial charge in [-0.15, -0.1) is 0 Å². The maximum atomic E-state index is 11.8. The molecule has 1 amide bonds. The van der Waals surface area contributed by atoms with Gasteiger partial charge in [0.25, 0.3) is 0 Å². The van der Waals surface area contributed by atoms with Crippen LogP contribution in [-0.4, -0.2) is 53.2 Å². The Morgan fingerprint density at radius 3 is 2.41 bits per heavy atom. The molecule has 1 atom stereocenters. The molecule has 98 valence electrons. The van der Waals surface area contributed by atoms with Crippen LogP contribution >= 0.6 is 0 Å². The van der Waals surface area contributed by atoms with E-state index in [1.807, 2.05) is 13.8 Å². The molecule has 0 bridgehead atoms. The number of rotatable bonds is 5. The number of aliphatic carboxylic acids is 1. The van der Waals surface area contributed by atoms with Gasteiger partial charge >= 0.3 is 5.97 Å². The van der Waals surface area contributed by atoms with E-state index >= 15 is 0 Å². The van der Waals surface area contributed by atoms with E-state index in [0.29, 0.717) is 13.1 Å². The molecule has 0 unspecified atom stereocenters. The van der Waals surface area contributed by atoms with Gasteiger partial charge in [-0.05, 0) is 12.8 Å². The zero-order valence-corrected chi connectivity index (χ0v) is 10.5. The summed E-state index contributed by atoms with van der Waals surface area (Å²) in [7, 11) is 0. The summed E-state index contributed by atoms with van der Waals surface area (Å²) >= 11 is 0. The molecule has 0 aromatic carbocycles. The minimum atomic E-state index is -1.00. The van der Waals surface area contributed by atoms with Gasteiger partial charge in [0.05, 0.1) is 19.1 Å². The van der Waals surface area contributed by atoms with Crippen molar-refractivity contribution in [2.24, 2.45) is 11.7 Å². The molecular weight excluding hydrogens is 224 g/mol. The van der Waals surface area contributed by atoms with Gasteiger partial charge in [0.1, 0.15) is 12.2 Å². The van der Waals surface area contributed by atoms with Crippen LogP contribution in [0.2, 0.25) is 0 Å². The number of amides is 1. The Labute approximate surface area is 101 Å². The Bertz CT molecular complexity index is 311. The first-order chi connectivity index (χ1) is 7.75. The molecule has 1 fully saturated rings. The molecule has 1 rings (SSSR count). The number of carboxylic acid groups (broad SMARTS) is 1. The second-order valence-electron chi connectivity index (χ2n) is 5.10. The molecule has 0 radical (unpaired) electrons. The Morgan fingerprint density at radius 2 is 2.00 bits per heavy atom. The van der Waals surface area contributed by atoms with Crippen LogP contribution in [-0.2, 0) is 14.3 Å². The number of carbonyl (C=O) groups excluding carboxylic acids is 1. The summed E-state index contributed by atoms with van der Waals surface area (Å²) in [4.78, 5) is 23.8. The van der Waals surface area contributed by atoms with Gasteiger partial charge < -0.3 is 20.5 Å². The summed E-state index contributed by atoms with van der Waals surface area (Å²) in [5.41, 5.74) is 5.20. The van der Waals surface area contributed by atoms with Crippen molar-refractivity contribution in [3.05, 3.63) is 0 Å². The number of nitrogens with zero attached hydrogens (tertiary/aromatic N) is 1. The molecule has 1 saturated heterocycles. The third-order valence-corrected chi connectivity index (χ3v) is 2.91. The molecule has 1 aliphatic heterocycles. The lowest BCUT2D eigenvalue weighted by molar-refractivity contribution is -0.174. The van der Waals surface area contributed by atoms with Gasteiger partial charge in [0.2, 0.25) is 5.91 Å². The highest BCUT2D eigenvalue weighted by Gasteiger charge is 2.44. The smallest absolute Gasteiger partial charge is 0.329 e. The summed E-state index contributed by atoms with van der Waals surface area (Å²) in [6.45, 7) is 6.04. The number of ether oxygens (including phenoxy) is 1. The Morgan fingerprint density at radius 1 is 1.47 bits per heavy atom. The van der Waals surface area contributed by atoms with Crippen molar-refractivity contribution in [2.75, 3.05) is 19.7 Å². The lowest BCUT2D eigenvalue weighted by Crippen LogP contribution is -2.66. The number of carboxylic acids is 1. The fourth-order valence-electron chi connectivity index (χ4n) is 1.74. The van der Waals surface area contributed by atoms with E-state index in [1.165, 1.54) is 0 Å². The predicted octanol–water partition coefficient (Wildman–Crippen LogP) is -0.328. The first kappa shape index (κ1) is 13.9. The zero-order valence-electron chi connectivity index (χ0n) is 10.5. The fraction of sp³-hybridized carbons (Fsp3) is 0.818. The number of hydrogen-bond acceptors (Lipinski definition) is 4. The average Bonchev–Trinajstić information content (AvgIpc) is 2.20. The number of hydrogen-bond donors (Lipinski definition) is 2. The fourth-order valence-corrected chi connectivity index (χ4v) is 1.74. The molecule has 0 aromatic heterocycles. The van der Waals surface area contributed by atoms with Crippen molar-refractivity contribution in [1.29, 1.82) is 0 Å². The molecule has 0 spiro atoms. The van der Waals surface area contributed by atoms with Crippen LogP contribution in [0, 0.1) is 5.92 Å². The first-order valence-electron chi connectivity index (χ1n) is 5.65. The second-order valence-corrected chi connectivity index (χ2v) is 5.10. The molecule has 0 aromatic rings. The van der Waals surface area contributed by atoms with Crippen molar-refractivity contribution < 1.29 is 19.4 Å². The van der Waals surface area contributed by atoms with Gasteiger partial charge in [-0.2, -0.15) is 0 Å². The van der Waals surface area contributed by atoms with Gasteiger partial charge in [-0.3, -0.25) is 4.79 Å². The van der Waals surface area contributed by atoms with E-state index < -0.39 is 17.6 Å². The zero-order chi connectivity index (χ0) is 13.2. The van der Waals surface area contributed by atoms with Crippen LogP contribution in [0.15, 0.2) is 0 Å². The number of carbonyl (C=O) groups is 2. The standard InChI is InChI=1S/C11H20N2O4/c1-7(2)9(12)10(16)13-5-11(3,6-13)17-4-8(14)15/h7,9H,4-6,12H2,1-3H3,(H,14,15)/t9-/m1/s1. The molecule has 1 aliphatic rings. The topological polar surface area (TPSA) is 92.9 Å². The van der Waals surface area contributed by atoms with E-state index in [1.54, 1.807) is 11.8 Å². The second kappa shape index (κ2) is 5.01. The highest BCUT2D eigenvalue weighted by atomic mass is 16.5. The minimum Gasteiger partial charge on any atom is -0.480 e. The normalized spacial score (nSPS) is 19.9. The first-order valence-corrected chi connectivity index (χ1v) is 5.65. The lowest BCUT2D eigenvalue weighted by atomic mass is 9.93. The monoisotopic (exact) mass is 244 g/mol. The van der Waals surface area contributed by atoms with Crippen LogP contribution in [0.4, 0.5) is 0 Å². The summed E-state index contributed by atoms with van der Waals surface area (Å²) in [6, 6.07) is -0.501. The minimum absolute atomic E-state index is 0.0919. The SMILES string of the molecule is CC(C)[C@@H](N)C(=O)N1CC(C)(OCC(=O)O)C1. The highest BCUT2D eigenvalue weighted by molar-refractivity contribution is 5.83. The summed E-state index contributed by atoms with van der Waals surface area (Å²) in [6.07, 6.45) is 0. The number of likely N-dealkylation sites (tertiary alicyclic amines) is 1. The van der Waals surface area contributed by atoms with Gasteiger partial charge in [0, 0.05) is 0 Å². The highest BCUT2D eigenvalue weighted by Crippen LogP contribution is 2.25. The van der Waals surface area contributed by atoms with Crippen molar-refractivity contribution in [3.8, 4) is 0 Å². The molecule has 17 heavy (non-hydrogen) atoms. The number of nitrogens with two attached hydrogens (primary N) is 1. The average molecular weight is 244 g/mol. The van der Waals surface area contributed by atoms with E-state index in [0.717, 1.165) is 0 Å². The Kier molecular flexibility index (Phi) is 4.11. The molecular formula is C11H20N2O4. The molecule has 0 aliphatic carbocycles. The maximum absolute atomic E-state index is 11.8. The molecule has 1 heterocycles. The van der Waals surface area contributed by atoms with Crippen LogP contribution in [0.5, 0.6) is 0 Å². The summed E-state index contributed by atoms with van der Waals surface area (Å²) < 4.78 is 5.21. The molecule has 3 N–H and O–H groups in total. The molecule has 6 nitrogen and oxygen atoms in total. The van der Waals surface area contributed by atoms with Crippen LogP contribution in [0.25, 0.3) is 0 Å². The van der Waals surface area contributed by atoms with Crippen molar-refractivity contribution in [1.82, 2.24) is 4.90 Å². The van der Waals surface area contributed by atoms with Gasteiger partial charge in [-0.25, -0.2) is 4.79 Å². The van der Waals surface area contributed by atoms with E-state index in [-0.39, 0.29) is 18.4 Å². The summed E-state index contributed by atoms with van der Waals surface area (Å²) in [5.74, 6) is -1.01. The van der Waals surface area contributed by atoms with Gasteiger partial charge in [0.15, 0.2) is 0 Å². The third kappa shape index (κ3) is 3.41. The lowest BCUT2D eigenvalue weighted by Gasteiger charge is -2.48. The maximum Gasteiger partial charge on any atom is 0.329 e.